The predicted molar refractivity (Wildman–Crippen MR) is 64.4 cm³/mol. The third kappa shape index (κ3) is 2.56. The van der Waals surface area contributed by atoms with Gasteiger partial charge in [0.2, 0.25) is 0 Å². The maximum Gasteiger partial charge on any atom is 0.0406 e. The molecule has 0 aromatic heterocycles. The van der Waals surface area contributed by atoms with Gasteiger partial charge in [-0.1, -0.05) is 64.7 Å². The molecule has 0 heterocycles. The minimum atomic E-state index is -0.0340. The van der Waals surface area contributed by atoms with Gasteiger partial charge < -0.3 is 5.11 Å². The zero-order valence-electron chi connectivity index (χ0n) is 8.28. The molecule has 0 fully saturated rings. The summed E-state index contributed by atoms with van der Waals surface area (Å²) in [7, 11) is 0. The Morgan fingerprint density at radius 3 is 1.31 bits per heavy atom. The fraction of sp³-hybridized carbons (Fsp3) is 0. The number of halogens is 2. The molecule has 0 spiro atoms. The molecule has 0 aliphatic heterocycles. The van der Waals surface area contributed by atoms with Crippen LogP contribution in [0.4, 0.5) is 0 Å². The molecule has 2 aromatic carbocycles. The van der Waals surface area contributed by atoms with Crippen molar-refractivity contribution in [3.05, 3.63) is 75.8 Å². The zero-order chi connectivity index (χ0) is 11.5. The molecule has 0 aliphatic rings. The van der Waals surface area contributed by atoms with E-state index >= 15 is 0 Å². The van der Waals surface area contributed by atoms with Crippen molar-refractivity contribution >= 4 is 23.2 Å². The predicted octanol–water partition coefficient (Wildman–Crippen LogP) is 3.28. The van der Waals surface area contributed by atoms with Gasteiger partial charge in [-0.05, 0) is 24.3 Å². The molecule has 2 rings (SSSR count). The maximum atomic E-state index is 12.0. The van der Waals surface area contributed by atoms with E-state index in [9.17, 15) is 5.11 Å². The number of rotatable bonds is 2. The van der Waals surface area contributed by atoms with Crippen LogP contribution in [-0.2, 0) is 0 Å². The van der Waals surface area contributed by atoms with Crippen LogP contribution in [0.3, 0.4) is 0 Å². The van der Waals surface area contributed by atoms with Crippen molar-refractivity contribution in [3.63, 3.8) is 0 Å². The molecule has 1 radical (unpaired) electrons. The Morgan fingerprint density at radius 1 is 0.688 bits per heavy atom. The quantitative estimate of drug-likeness (QED) is 0.803. The normalized spacial score (nSPS) is 10.8. The van der Waals surface area contributed by atoms with Gasteiger partial charge in [-0.2, -0.15) is 0 Å². The van der Waals surface area contributed by atoms with E-state index in [-0.39, 0.29) is 6.10 Å². The minimum absolute atomic E-state index is 0.0340. The highest BCUT2D eigenvalue weighted by Crippen LogP contribution is 2.21. The van der Waals surface area contributed by atoms with Crippen LogP contribution in [0, 0.1) is 6.10 Å². The number of hydrogen-bond donors (Lipinski definition) is 0. The first kappa shape index (κ1) is 11.5. The molecule has 81 valence electrons. The molecule has 0 bridgehead atoms. The summed E-state index contributed by atoms with van der Waals surface area (Å²) >= 11 is 11.5. The van der Waals surface area contributed by atoms with Crippen LogP contribution in [0.1, 0.15) is 11.1 Å². The number of hydrogen-bond acceptors (Lipinski definition) is 1. The Balaban J connectivity index is 2.28. The molecule has 0 N–H and O–H groups in total. The molecule has 3 heteroatoms. The molecule has 0 atom stereocenters. The smallest absolute Gasteiger partial charge is 0.0406 e. The molecule has 2 aromatic rings. The van der Waals surface area contributed by atoms with Gasteiger partial charge in [-0.25, -0.2) is 0 Å². The molecular weight excluding hydrogens is 243 g/mol. The van der Waals surface area contributed by atoms with Gasteiger partial charge in [-0.15, -0.1) is 0 Å². The molecule has 0 saturated heterocycles. The summed E-state index contributed by atoms with van der Waals surface area (Å²) in [6.45, 7) is 0. The fourth-order valence-electron chi connectivity index (χ4n) is 1.37. The highest BCUT2D eigenvalue weighted by atomic mass is 35.5. The van der Waals surface area contributed by atoms with Crippen molar-refractivity contribution in [2.75, 3.05) is 0 Å². The van der Waals surface area contributed by atoms with Crippen molar-refractivity contribution in [2.45, 2.75) is 0 Å². The summed E-state index contributed by atoms with van der Waals surface area (Å²) in [4.78, 5) is 0. The molecular formula is C13H8Cl2O-. The van der Waals surface area contributed by atoms with Gasteiger partial charge in [0.1, 0.15) is 0 Å². The Labute approximate surface area is 104 Å². The van der Waals surface area contributed by atoms with Gasteiger partial charge in [-0.3, -0.25) is 0 Å². The monoisotopic (exact) mass is 250 g/mol. The Bertz CT molecular complexity index is 417. The molecule has 1 nitrogen and oxygen atoms in total. The molecule has 16 heavy (non-hydrogen) atoms. The van der Waals surface area contributed by atoms with Crippen molar-refractivity contribution < 1.29 is 5.11 Å². The van der Waals surface area contributed by atoms with Crippen LogP contribution in [0.25, 0.3) is 0 Å². The highest BCUT2D eigenvalue weighted by Gasteiger charge is 2.02. The summed E-state index contributed by atoms with van der Waals surface area (Å²) in [5, 5.41) is 13.2. The second-order valence-corrected chi connectivity index (χ2v) is 4.22. The first-order chi connectivity index (χ1) is 7.66. The number of benzene rings is 2. The van der Waals surface area contributed by atoms with Gasteiger partial charge >= 0.3 is 0 Å². The van der Waals surface area contributed by atoms with Gasteiger partial charge in [0.05, 0.1) is 0 Å². The highest BCUT2D eigenvalue weighted by molar-refractivity contribution is 6.30. The first-order valence-electron chi connectivity index (χ1n) is 4.72. The summed E-state index contributed by atoms with van der Waals surface area (Å²) < 4.78 is 0. The first-order valence-corrected chi connectivity index (χ1v) is 5.48. The third-order valence-electron chi connectivity index (χ3n) is 2.21. The Hall–Kier alpha value is -1.02. The van der Waals surface area contributed by atoms with Gasteiger partial charge in [0.15, 0.2) is 0 Å². The minimum Gasteiger partial charge on any atom is -0.843 e. The van der Waals surface area contributed by atoms with Crippen molar-refractivity contribution in [2.24, 2.45) is 0 Å². The van der Waals surface area contributed by atoms with E-state index in [1.807, 2.05) is 0 Å². The standard InChI is InChI=1S/C13H8Cl2O/c14-11-5-1-9(2-6-11)13(16)10-3-7-12(15)8-4-10/h1-8H/q-1. The Morgan fingerprint density at radius 2 is 1.00 bits per heavy atom. The van der Waals surface area contributed by atoms with Crippen LogP contribution in [-0.4, -0.2) is 0 Å². The van der Waals surface area contributed by atoms with E-state index in [1.165, 1.54) is 0 Å². The van der Waals surface area contributed by atoms with Gasteiger partial charge in [0, 0.05) is 10.0 Å². The maximum absolute atomic E-state index is 12.0. The largest absolute Gasteiger partial charge is 0.843 e. The van der Waals surface area contributed by atoms with Gasteiger partial charge in [0.25, 0.3) is 0 Å². The summed E-state index contributed by atoms with van der Waals surface area (Å²) in [5.74, 6) is 0. The van der Waals surface area contributed by atoms with Crippen LogP contribution in [0.2, 0.25) is 10.0 Å². The summed E-state index contributed by atoms with van der Waals surface area (Å²) in [6, 6.07) is 13.6. The lowest BCUT2D eigenvalue weighted by molar-refractivity contribution is -0.333. The van der Waals surface area contributed by atoms with Crippen LogP contribution >= 0.6 is 23.2 Å². The second-order valence-electron chi connectivity index (χ2n) is 3.34. The summed E-state index contributed by atoms with van der Waals surface area (Å²) in [6.07, 6.45) is -0.0340. The van der Waals surface area contributed by atoms with Crippen LogP contribution in [0.15, 0.2) is 48.5 Å². The average molecular weight is 251 g/mol. The fourth-order valence-corrected chi connectivity index (χ4v) is 1.62. The second kappa shape index (κ2) is 4.88. The van der Waals surface area contributed by atoms with Crippen molar-refractivity contribution in [3.8, 4) is 0 Å². The van der Waals surface area contributed by atoms with Crippen LogP contribution < -0.4 is 5.11 Å². The molecule has 0 saturated carbocycles. The van der Waals surface area contributed by atoms with Crippen molar-refractivity contribution in [1.29, 1.82) is 0 Å². The lowest BCUT2D eigenvalue weighted by Crippen LogP contribution is -2.17. The lowest BCUT2D eigenvalue weighted by atomic mass is 10.0. The Kier molecular flexibility index (Phi) is 3.49. The zero-order valence-corrected chi connectivity index (χ0v) is 9.79. The van der Waals surface area contributed by atoms with Crippen molar-refractivity contribution in [1.82, 2.24) is 0 Å². The van der Waals surface area contributed by atoms with E-state index in [0.717, 1.165) is 0 Å². The third-order valence-corrected chi connectivity index (χ3v) is 2.72. The molecule has 0 unspecified atom stereocenters. The van der Waals surface area contributed by atoms with E-state index in [0.29, 0.717) is 21.2 Å². The van der Waals surface area contributed by atoms with E-state index in [1.54, 1.807) is 48.5 Å². The SMILES string of the molecule is [O-][C](c1ccc(Cl)cc1)c1ccc(Cl)cc1. The van der Waals surface area contributed by atoms with E-state index in [4.69, 9.17) is 23.2 Å². The van der Waals surface area contributed by atoms with E-state index in [2.05, 4.69) is 0 Å². The van der Waals surface area contributed by atoms with E-state index < -0.39 is 0 Å². The molecule has 0 amide bonds. The average Bonchev–Trinajstić information content (AvgIpc) is 2.30. The van der Waals surface area contributed by atoms with Crippen LogP contribution in [0.5, 0.6) is 0 Å². The topological polar surface area (TPSA) is 23.1 Å². The molecule has 0 aliphatic carbocycles. The summed E-state index contributed by atoms with van der Waals surface area (Å²) in [5.41, 5.74) is 1.23. The lowest BCUT2D eigenvalue weighted by Gasteiger charge is -2.22.